The lowest BCUT2D eigenvalue weighted by Gasteiger charge is -2.44. The van der Waals surface area contributed by atoms with Gasteiger partial charge in [-0.3, -0.25) is 19.3 Å². The van der Waals surface area contributed by atoms with Crippen molar-refractivity contribution >= 4 is 17.7 Å². The molecule has 1 spiro atoms. The van der Waals surface area contributed by atoms with Crippen molar-refractivity contribution in [3.8, 4) is 5.75 Å². The summed E-state index contributed by atoms with van der Waals surface area (Å²) in [6.07, 6.45) is 3.25. The van der Waals surface area contributed by atoms with E-state index in [9.17, 15) is 14.4 Å². The fraction of sp³-hybridized carbons (Fsp3) is 0.464. The molecule has 36 heavy (non-hydrogen) atoms. The highest BCUT2D eigenvalue weighted by molar-refractivity contribution is 5.98. The molecule has 3 heterocycles. The van der Waals surface area contributed by atoms with Gasteiger partial charge in [-0.2, -0.15) is 0 Å². The van der Waals surface area contributed by atoms with Crippen LogP contribution in [0.1, 0.15) is 41.6 Å². The molecule has 3 saturated heterocycles. The summed E-state index contributed by atoms with van der Waals surface area (Å²) < 4.78 is 11.6. The van der Waals surface area contributed by atoms with Gasteiger partial charge >= 0.3 is 0 Å². The summed E-state index contributed by atoms with van der Waals surface area (Å²) >= 11 is 0. The summed E-state index contributed by atoms with van der Waals surface area (Å²) in [6.45, 7) is 2.56. The summed E-state index contributed by atoms with van der Waals surface area (Å²) in [5, 5.41) is 0. The molecular weight excluding hydrogens is 458 g/mol. The molecule has 1 atom stereocenters. The first-order valence-electron chi connectivity index (χ1n) is 12.7. The second kappa shape index (κ2) is 10.3. The second-order valence-corrected chi connectivity index (χ2v) is 9.75. The van der Waals surface area contributed by atoms with Crippen LogP contribution in [0.15, 0.2) is 54.6 Å². The standard InChI is InChI=1S/C28H33N3O5/c1-35-23-11-9-22(10-12-23)26(33)31-24(27(34)30-15-5-6-16-30)20-36-28(31)13-17-29(18-14-28)25(32)19-21-7-3-2-4-8-21/h2-4,7-12,24H,5-6,13-20H2,1H3. The topological polar surface area (TPSA) is 79.4 Å². The highest BCUT2D eigenvalue weighted by atomic mass is 16.5. The zero-order valence-electron chi connectivity index (χ0n) is 20.7. The van der Waals surface area contributed by atoms with Crippen LogP contribution in [0.5, 0.6) is 5.75 Å². The van der Waals surface area contributed by atoms with Crippen molar-refractivity contribution in [2.24, 2.45) is 0 Å². The lowest BCUT2D eigenvalue weighted by Crippen LogP contribution is -2.60. The highest BCUT2D eigenvalue weighted by Gasteiger charge is 2.55. The van der Waals surface area contributed by atoms with E-state index in [1.54, 1.807) is 36.3 Å². The molecular formula is C28H33N3O5. The van der Waals surface area contributed by atoms with Gasteiger partial charge in [0.15, 0.2) is 0 Å². The van der Waals surface area contributed by atoms with E-state index in [4.69, 9.17) is 9.47 Å². The normalized spacial score (nSPS) is 21.1. The molecule has 8 nitrogen and oxygen atoms in total. The molecule has 190 valence electrons. The molecule has 3 aliphatic rings. The molecule has 5 rings (SSSR count). The van der Waals surface area contributed by atoms with Gasteiger partial charge in [-0.1, -0.05) is 30.3 Å². The van der Waals surface area contributed by atoms with Gasteiger partial charge < -0.3 is 19.3 Å². The number of carbonyl (C=O) groups excluding carboxylic acids is 3. The number of likely N-dealkylation sites (tertiary alicyclic amines) is 2. The molecule has 0 N–H and O–H groups in total. The largest absolute Gasteiger partial charge is 0.497 e. The first-order valence-corrected chi connectivity index (χ1v) is 12.7. The summed E-state index contributed by atoms with van der Waals surface area (Å²) in [5.41, 5.74) is 0.565. The van der Waals surface area contributed by atoms with Crippen molar-refractivity contribution in [2.75, 3.05) is 39.9 Å². The lowest BCUT2D eigenvalue weighted by atomic mass is 9.96. The Morgan fingerprint density at radius 2 is 1.58 bits per heavy atom. The number of benzene rings is 2. The zero-order valence-corrected chi connectivity index (χ0v) is 20.7. The third-order valence-corrected chi connectivity index (χ3v) is 7.61. The van der Waals surface area contributed by atoms with Gasteiger partial charge in [0, 0.05) is 44.6 Å². The average molecular weight is 492 g/mol. The predicted molar refractivity (Wildman–Crippen MR) is 133 cm³/mol. The Labute approximate surface area is 211 Å². The van der Waals surface area contributed by atoms with Crippen molar-refractivity contribution in [2.45, 2.75) is 43.9 Å². The third-order valence-electron chi connectivity index (χ3n) is 7.61. The Morgan fingerprint density at radius 1 is 0.917 bits per heavy atom. The predicted octanol–water partition coefficient (Wildman–Crippen LogP) is 2.72. The molecule has 2 aromatic rings. The number of hydrogen-bond donors (Lipinski definition) is 0. The van der Waals surface area contributed by atoms with E-state index in [0.717, 1.165) is 18.4 Å². The summed E-state index contributed by atoms with van der Waals surface area (Å²) in [6, 6.07) is 16.0. The van der Waals surface area contributed by atoms with Gasteiger partial charge in [0.2, 0.25) is 11.8 Å². The number of piperidine rings is 1. The van der Waals surface area contributed by atoms with E-state index in [2.05, 4.69) is 0 Å². The molecule has 1 unspecified atom stereocenters. The van der Waals surface area contributed by atoms with Crippen LogP contribution in [0, 0.1) is 0 Å². The van der Waals surface area contributed by atoms with E-state index in [1.165, 1.54) is 0 Å². The van der Waals surface area contributed by atoms with Crippen LogP contribution in [-0.4, -0.2) is 84.1 Å². The average Bonchev–Trinajstić information content (AvgIpc) is 3.58. The minimum Gasteiger partial charge on any atom is -0.497 e. The van der Waals surface area contributed by atoms with E-state index in [-0.39, 0.29) is 24.3 Å². The lowest BCUT2D eigenvalue weighted by molar-refractivity contribution is -0.144. The second-order valence-electron chi connectivity index (χ2n) is 9.75. The number of amides is 3. The summed E-state index contributed by atoms with van der Waals surface area (Å²) in [4.78, 5) is 45.6. The van der Waals surface area contributed by atoms with Crippen LogP contribution >= 0.6 is 0 Å². The van der Waals surface area contributed by atoms with Crippen LogP contribution in [0.4, 0.5) is 0 Å². The molecule has 8 heteroatoms. The molecule has 3 aliphatic heterocycles. The summed E-state index contributed by atoms with van der Waals surface area (Å²) in [5.74, 6) is 0.450. The highest BCUT2D eigenvalue weighted by Crippen LogP contribution is 2.39. The molecule has 3 fully saturated rings. The maximum atomic E-state index is 13.9. The quantitative estimate of drug-likeness (QED) is 0.643. The third kappa shape index (κ3) is 4.69. The van der Waals surface area contributed by atoms with Crippen LogP contribution < -0.4 is 4.74 Å². The molecule has 0 saturated carbocycles. The Bertz CT molecular complexity index is 1090. The van der Waals surface area contributed by atoms with Crippen molar-refractivity contribution in [3.63, 3.8) is 0 Å². The number of nitrogens with zero attached hydrogens (tertiary/aromatic N) is 3. The van der Waals surface area contributed by atoms with Crippen molar-refractivity contribution in [1.29, 1.82) is 0 Å². The van der Waals surface area contributed by atoms with Crippen LogP contribution in [0.2, 0.25) is 0 Å². The maximum Gasteiger partial charge on any atom is 0.256 e. The molecule has 0 bridgehead atoms. The fourth-order valence-corrected chi connectivity index (χ4v) is 5.56. The number of ether oxygens (including phenoxy) is 2. The number of methoxy groups -OCH3 is 1. The van der Waals surface area contributed by atoms with Gasteiger partial charge in [0.1, 0.15) is 17.5 Å². The fourth-order valence-electron chi connectivity index (χ4n) is 5.56. The van der Waals surface area contributed by atoms with E-state index < -0.39 is 11.8 Å². The Hall–Kier alpha value is -3.39. The van der Waals surface area contributed by atoms with Crippen LogP contribution in [0.25, 0.3) is 0 Å². The maximum absolute atomic E-state index is 13.9. The van der Waals surface area contributed by atoms with E-state index >= 15 is 0 Å². The molecule has 0 radical (unpaired) electrons. The Morgan fingerprint density at radius 3 is 2.22 bits per heavy atom. The van der Waals surface area contributed by atoms with Crippen molar-refractivity contribution < 1.29 is 23.9 Å². The molecule has 3 amide bonds. The zero-order chi connectivity index (χ0) is 25.1. The van der Waals surface area contributed by atoms with Crippen LogP contribution in [0.3, 0.4) is 0 Å². The van der Waals surface area contributed by atoms with E-state index in [0.29, 0.717) is 56.8 Å². The first-order chi connectivity index (χ1) is 17.5. The minimum absolute atomic E-state index is 0.0474. The first kappa shape index (κ1) is 24.3. The Balaban J connectivity index is 1.35. The SMILES string of the molecule is COc1ccc(C(=O)N2C(C(=O)N3CCCC3)COC23CCN(C(=O)Cc2ccccc2)CC3)cc1. The molecule has 2 aromatic carbocycles. The number of hydrogen-bond acceptors (Lipinski definition) is 5. The number of carbonyl (C=O) groups is 3. The monoisotopic (exact) mass is 491 g/mol. The summed E-state index contributed by atoms with van der Waals surface area (Å²) in [7, 11) is 1.58. The van der Waals surface area contributed by atoms with Gasteiger partial charge in [-0.15, -0.1) is 0 Å². The van der Waals surface area contributed by atoms with Gasteiger partial charge in [0.05, 0.1) is 20.1 Å². The molecule has 0 aliphatic carbocycles. The molecule has 0 aromatic heterocycles. The van der Waals surface area contributed by atoms with Gasteiger partial charge in [0.25, 0.3) is 5.91 Å². The van der Waals surface area contributed by atoms with Crippen molar-refractivity contribution in [1.82, 2.24) is 14.7 Å². The van der Waals surface area contributed by atoms with Gasteiger partial charge in [-0.05, 0) is 42.7 Å². The Kier molecular flexibility index (Phi) is 6.96. The minimum atomic E-state index is -0.902. The smallest absolute Gasteiger partial charge is 0.256 e. The van der Waals surface area contributed by atoms with Crippen LogP contribution in [-0.2, 0) is 20.7 Å². The van der Waals surface area contributed by atoms with Crippen molar-refractivity contribution in [3.05, 3.63) is 65.7 Å². The number of rotatable bonds is 5. The van der Waals surface area contributed by atoms with E-state index in [1.807, 2.05) is 40.1 Å². The van der Waals surface area contributed by atoms with Gasteiger partial charge in [-0.25, -0.2) is 0 Å².